The minimum atomic E-state index is 0.440. The lowest BCUT2D eigenvalue weighted by Crippen LogP contribution is -1.96. The Hall–Kier alpha value is -1.26. The number of hydrogen-bond donors (Lipinski definition) is 1. The van der Waals surface area contributed by atoms with Gasteiger partial charge in [0.15, 0.2) is 5.75 Å². The van der Waals surface area contributed by atoms with Gasteiger partial charge in [-0.05, 0) is 40.5 Å². The van der Waals surface area contributed by atoms with E-state index in [-0.39, 0.29) is 0 Å². The van der Waals surface area contributed by atoms with Crippen LogP contribution in [0.25, 0.3) is 0 Å². The molecule has 0 amide bonds. The summed E-state index contributed by atoms with van der Waals surface area (Å²) >= 11 is 9.15. The van der Waals surface area contributed by atoms with E-state index in [1.807, 2.05) is 19.1 Å². The van der Waals surface area contributed by atoms with Crippen LogP contribution in [0.5, 0.6) is 11.6 Å². The maximum absolute atomic E-state index is 5.86. The Bertz CT molecular complexity index is 540. The van der Waals surface area contributed by atoms with E-state index >= 15 is 0 Å². The van der Waals surface area contributed by atoms with Crippen LogP contribution in [0.1, 0.15) is 5.56 Å². The van der Waals surface area contributed by atoms with Crippen molar-refractivity contribution in [3.8, 4) is 11.6 Å². The molecule has 0 unspecified atom stereocenters. The minimum Gasteiger partial charge on any atom is -0.435 e. The minimum absolute atomic E-state index is 0.440. The third-order valence-corrected chi connectivity index (χ3v) is 2.99. The van der Waals surface area contributed by atoms with Gasteiger partial charge in [-0.25, -0.2) is 4.98 Å². The first-order chi connectivity index (χ1) is 8.08. The lowest BCUT2D eigenvalue weighted by atomic mass is 10.2. The number of pyridine rings is 1. The number of aryl methyl sites for hydroxylation is 1. The normalized spacial score (nSPS) is 10.3. The highest BCUT2D eigenvalue weighted by atomic mass is 79.9. The third kappa shape index (κ3) is 2.70. The third-order valence-electron chi connectivity index (χ3n) is 2.22. The van der Waals surface area contributed by atoms with Crippen LogP contribution >= 0.6 is 27.5 Å². The molecule has 0 aliphatic heterocycles. The molecule has 17 heavy (non-hydrogen) atoms. The van der Waals surface area contributed by atoms with Gasteiger partial charge in [0.2, 0.25) is 5.88 Å². The van der Waals surface area contributed by atoms with Crippen LogP contribution in [0.3, 0.4) is 0 Å². The van der Waals surface area contributed by atoms with Crippen LogP contribution in [0.15, 0.2) is 34.9 Å². The van der Waals surface area contributed by atoms with Crippen LogP contribution in [0.2, 0.25) is 5.02 Å². The largest absolute Gasteiger partial charge is 0.435 e. The van der Waals surface area contributed by atoms with Crippen molar-refractivity contribution in [1.82, 2.24) is 4.98 Å². The fourth-order valence-electron chi connectivity index (χ4n) is 1.39. The van der Waals surface area contributed by atoms with Gasteiger partial charge in [-0.15, -0.1) is 0 Å². The zero-order chi connectivity index (χ0) is 12.4. The number of nitrogens with two attached hydrogens (primary N) is 1. The summed E-state index contributed by atoms with van der Waals surface area (Å²) < 4.78 is 6.37. The van der Waals surface area contributed by atoms with Crippen molar-refractivity contribution in [2.45, 2.75) is 6.92 Å². The molecule has 1 aromatic carbocycles. The van der Waals surface area contributed by atoms with Gasteiger partial charge in [0.25, 0.3) is 0 Å². The van der Waals surface area contributed by atoms with Crippen molar-refractivity contribution >= 4 is 33.2 Å². The van der Waals surface area contributed by atoms with E-state index in [9.17, 15) is 0 Å². The number of para-hydroxylation sites is 1. The molecule has 0 bridgehead atoms. The number of nitrogen functional groups attached to an aromatic ring is 1. The summed E-state index contributed by atoms with van der Waals surface area (Å²) in [5.74, 6) is 1.05. The Morgan fingerprint density at radius 3 is 2.82 bits per heavy atom. The molecule has 2 rings (SSSR count). The fourth-order valence-corrected chi connectivity index (χ4v) is 2.11. The van der Waals surface area contributed by atoms with Crippen molar-refractivity contribution < 1.29 is 4.74 Å². The molecule has 0 fully saturated rings. The van der Waals surface area contributed by atoms with Crippen LogP contribution in [-0.4, -0.2) is 4.98 Å². The van der Waals surface area contributed by atoms with Crippen LogP contribution in [-0.2, 0) is 0 Å². The molecule has 0 atom stereocenters. The number of halogens is 2. The first-order valence-electron chi connectivity index (χ1n) is 4.92. The molecule has 88 valence electrons. The molecular weight excluding hydrogens is 304 g/mol. The Balaban J connectivity index is 2.38. The van der Waals surface area contributed by atoms with E-state index in [2.05, 4.69) is 20.9 Å². The SMILES string of the molecule is Cc1cccc(N)c1Oc1ncc(Cl)cc1Br. The highest BCUT2D eigenvalue weighted by molar-refractivity contribution is 9.10. The van der Waals surface area contributed by atoms with Gasteiger partial charge in [-0.1, -0.05) is 23.7 Å². The summed E-state index contributed by atoms with van der Waals surface area (Å²) in [6, 6.07) is 7.31. The molecule has 3 nitrogen and oxygen atoms in total. The van der Waals surface area contributed by atoms with E-state index in [1.165, 1.54) is 6.20 Å². The smallest absolute Gasteiger partial charge is 0.233 e. The molecule has 0 spiro atoms. The average Bonchev–Trinajstić information content (AvgIpc) is 2.26. The summed E-state index contributed by atoms with van der Waals surface area (Å²) in [6.07, 6.45) is 1.52. The molecular formula is C12H10BrClN2O. The standard InChI is InChI=1S/C12H10BrClN2O/c1-7-3-2-4-10(15)11(7)17-12-9(13)5-8(14)6-16-12/h2-6H,15H2,1H3. The van der Waals surface area contributed by atoms with Gasteiger partial charge in [0.1, 0.15) is 0 Å². The average molecular weight is 314 g/mol. The molecule has 0 radical (unpaired) electrons. The van der Waals surface area contributed by atoms with E-state index in [0.717, 1.165) is 5.56 Å². The second-order valence-electron chi connectivity index (χ2n) is 3.54. The summed E-state index contributed by atoms with van der Waals surface area (Å²) in [7, 11) is 0. The van der Waals surface area contributed by atoms with Crippen molar-refractivity contribution in [3.63, 3.8) is 0 Å². The molecule has 5 heteroatoms. The van der Waals surface area contributed by atoms with Crippen LogP contribution in [0, 0.1) is 6.92 Å². The molecule has 0 saturated carbocycles. The van der Waals surface area contributed by atoms with E-state index in [4.69, 9.17) is 22.1 Å². The molecule has 2 N–H and O–H groups in total. The molecule has 0 aliphatic carbocycles. The second kappa shape index (κ2) is 4.94. The number of anilines is 1. The van der Waals surface area contributed by atoms with E-state index in [0.29, 0.717) is 26.8 Å². The Morgan fingerprint density at radius 1 is 1.41 bits per heavy atom. The number of aromatic nitrogens is 1. The number of nitrogens with zero attached hydrogens (tertiary/aromatic N) is 1. The first kappa shape index (κ1) is 12.2. The lowest BCUT2D eigenvalue weighted by Gasteiger charge is -2.11. The van der Waals surface area contributed by atoms with Crippen molar-refractivity contribution in [3.05, 3.63) is 45.5 Å². The van der Waals surface area contributed by atoms with Gasteiger partial charge >= 0.3 is 0 Å². The molecule has 0 aliphatic rings. The Kier molecular flexibility index (Phi) is 3.54. The lowest BCUT2D eigenvalue weighted by molar-refractivity contribution is 0.458. The predicted molar refractivity (Wildman–Crippen MR) is 72.6 cm³/mol. The zero-order valence-electron chi connectivity index (χ0n) is 9.08. The maximum atomic E-state index is 5.86. The Labute approximate surface area is 113 Å². The van der Waals surface area contributed by atoms with Crippen LogP contribution < -0.4 is 10.5 Å². The monoisotopic (exact) mass is 312 g/mol. The number of hydrogen-bond acceptors (Lipinski definition) is 3. The highest BCUT2D eigenvalue weighted by Gasteiger charge is 2.09. The number of rotatable bonds is 2. The first-order valence-corrected chi connectivity index (χ1v) is 6.09. The molecule has 2 aromatic rings. The van der Waals surface area contributed by atoms with E-state index < -0.39 is 0 Å². The van der Waals surface area contributed by atoms with Gasteiger partial charge in [0.05, 0.1) is 15.2 Å². The molecule has 1 heterocycles. The number of ether oxygens (including phenoxy) is 1. The van der Waals surface area contributed by atoms with Crippen molar-refractivity contribution in [2.75, 3.05) is 5.73 Å². The maximum Gasteiger partial charge on any atom is 0.233 e. The van der Waals surface area contributed by atoms with Gasteiger partial charge in [-0.3, -0.25) is 0 Å². The van der Waals surface area contributed by atoms with Gasteiger partial charge in [-0.2, -0.15) is 0 Å². The molecule has 1 aromatic heterocycles. The highest BCUT2D eigenvalue weighted by Crippen LogP contribution is 2.34. The number of benzene rings is 1. The summed E-state index contributed by atoms with van der Waals surface area (Å²) in [5.41, 5.74) is 7.38. The summed E-state index contributed by atoms with van der Waals surface area (Å²) in [4.78, 5) is 4.10. The van der Waals surface area contributed by atoms with Crippen LogP contribution in [0.4, 0.5) is 5.69 Å². The fraction of sp³-hybridized carbons (Fsp3) is 0.0833. The zero-order valence-corrected chi connectivity index (χ0v) is 11.4. The van der Waals surface area contributed by atoms with Crippen molar-refractivity contribution in [1.29, 1.82) is 0 Å². The second-order valence-corrected chi connectivity index (χ2v) is 4.83. The summed E-state index contributed by atoms with van der Waals surface area (Å²) in [5, 5.41) is 0.544. The van der Waals surface area contributed by atoms with Gasteiger partial charge < -0.3 is 10.5 Å². The van der Waals surface area contributed by atoms with Crippen molar-refractivity contribution in [2.24, 2.45) is 0 Å². The van der Waals surface area contributed by atoms with Gasteiger partial charge in [0, 0.05) is 6.20 Å². The molecule has 0 saturated heterocycles. The Morgan fingerprint density at radius 2 is 2.18 bits per heavy atom. The summed E-state index contributed by atoms with van der Waals surface area (Å²) in [6.45, 7) is 1.93. The topological polar surface area (TPSA) is 48.1 Å². The van der Waals surface area contributed by atoms with E-state index in [1.54, 1.807) is 12.1 Å². The quantitative estimate of drug-likeness (QED) is 0.846. The predicted octanol–water partition coefficient (Wildman–Crippen LogP) is 4.18.